The van der Waals surface area contributed by atoms with Crippen LogP contribution in [0.2, 0.25) is 0 Å². The molecular formula is C22H21NO4. The Morgan fingerprint density at radius 2 is 2.11 bits per heavy atom. The molecule has 0 amide bonds. The number of ether oxygens (including phenoxy) is 3. The van der Waals surface area contributed by atoms with Gasteiger partial charge >= 0.3 is 0 Å². The largest absolute Gasteiger partial charge is 0.496 e. The first-order valence-corrected chi connectivity index (χ1v) is 8.83. The van der Waals surface area contributed by atoms with Gasteiger partial charge in [0.05, 0.1) is 19.3 Å². The molecule has 0 bridgehead atoms. The summed E-state index contributed by atoms with van der Waals surface area (Å²) in [5.74, 6) is 1.43. The van der Waals surface area contributed by atoms with Crippen LogP contribution >= 0.6 is 0 Å². The summed E-state index contributed by atoms with van der Waals surface area (Å²) in [5, 5.41) is 9.59. The third-order valence-corrected chi connectivity index (χ3v) is 4.34. The number of rotatable bonds is 6. The van der Waals surface area contributed by atoms with Crippen molar-refractivity contribution >= 4 is 11.9 Å². The molecule has 1 aliphatic heterocycles. The van der Waals surface area contributed by atoms with Crippen LogP contribution in [-0.2, 0) is 6.42 Å². The molecular weight excluding hydrogens is 342 g/mol. The van der Waals surface area contributed by atoms with E-state index in [4.69, 9.17) is 14.2 Å². The van der Waals surface area contributed by atoms with Gasteiger partial charge in [0.2, 0.25) is 5.78 Å². The van der Waals surface area contributed by atoms with Crippen molar-refractivity contribution in [2.24, 2.45) is 0 Å². The third-order valence-electron chi connectivity index (χ3n) is 4.34. The second-order valence-corrected chi connectivity index (χ2v) is 6.26. The quantitative estimate of drug-likeness (QED) is 0.437. The highest BCUT2D eigenvalue weighted by Crippen LogP contribution is 2.36. The number of nitrogens with zero attached hydrogens (tertiary/aromatic N) is 1. The van der Waals surface area contributed by atoms with Crippen molar-refractivity contribution in [1.82, 2.24) is 0 Å². The van der Waals surface area contributed by atoms with E-state index in [1.807, 2.05) is 32.0 Å². The number of carbonyl (C=O) groups is 1. The number of nitriles is 1. The van der Waals surface area contributed by atoms with Crippen LogP contribution in [0, 0.1) is 11.3 Å². The van der Waals surface area contributed by atoms with Gasteiger partial charge in [-0.25, -0.2) is 0 Å². The molecule has 0 fully saturated rings. The number of ketones is 1. The maximum absolute atomic E-state index is 12.9. The standard InChI is InChI=1S/C22H21NO4/c1-4-26-20-11-15-9-14(2)27-21(15)12-16(20)10-17(13-23)22(24)18-7-5-6-8-19(18)25-3/h5-8,10-12,14H,4,9H2,1-3H3/b17-10+/t14-/m0/s1. The van der Waals surface area contributed by atoms with E-state index in [2.05, 4.69) is 0 Å². The fourth-order valence-corrected chi connectivity index (χ4v) is 3.13. The van der Waals surface area contributed by atoms with Gasteiger partial charge in [-0.2, -0.15) is 5.26 Å². The summed E-state index contributed by atoms with van der Waals surface area (Å²) in [6.07, 6.45) is 2.45. The zero-order valence-corrected chi connectivity index (χ0v) is 15.6. The van der Waals surface area contributed by atoms with Crippen molar-refractivity contribution in [3.63, 3.8) is 0 Å². The molecule has 0 saturated carbocycles. The van der Waals surface area contributed by atoms with Crippen molar-refractivity contribution in [2.45, 2.75) is 26.4 Å². The molecule has 3 rings (SSSR count). The minimum absolute atomic E-state index is 0.00597. The third kappa shape index (κ3) is 3.80. The van der Waals surface area contributed by atoms with Crippen LogP contribution in [0.25, 0.3) is 6.08 Å². The summed E-state index contributed by atoms with van der Waals surface area (Å²) < 4.78 is 16.8. The highest BCUT2D eigenvalue weighted by molar-refractivity contribution is 6.15. The number of hydrogen-bond acceptors (Lipinski definition) is 5. The molecule has 1 heterocycles. The van der Waals surface area contributed by atoms with Crippen LogP contribution in [0.3, 0.4) is 0 Å². The van der Waals surface area contributed by atoms with Crippen molar-refractivity contribution in [1.29, 1.82) is 5.26 Å². The van der Waals surface area contributed by atoms with Gasteiger partial charge in [0.25, 0.3) is 0 Å². The van der Waals surface area contributed by atoms with Gasteiger partial charge in [-0.1, -0.05) is 12.1 Å². The van der Waals surface area contributed by atoms with E-state index >= 15 is 0 Å². The highest BCUT2D eigenvalue weighted by Gasteiger charge is 2.23. The molecule has 1 aliphatic rings. The summed E-state index contributed by atoms with van der Waals surface area (Å²) in [5.41, 5.74) is 2.06. The van der Waals surface area contributed by atoms with E-state index in [0.717, 1.165) is 17.7 Å². The number of benzene rings is 2. The zero-order valence-electron chi connectivity index (χ0n) is 15.6. The van der Waals surface area contributed by atoms with E-state index in [9.17, 15) is 10.1 Å². The van der Waals surface area contributed by atoms with Gasteiger partial charge in [0.1, 0.15) is 35.0 Å². The molecule has 5 heteroatoms. The molecule has 5 nitrogen and oxygen atoms in total. The second kappa shape index (κ2) is 7.96. The van der Waals surface area contributed by atoms with Gasteiger partial charge in [0.15, 0.2) is 0 Å². The molecule has 0 N–H and O–H groups in total. The van der Waals surface area contributed by atoms with Crippen LogP contribution in [0.4, 0.5) is 0 Å². The first kappa shape index (κ1) is 18.5. The molecule has 27 heavy (non-hydrogen) atoms. The lowest BCUT2D eigenvalue weighted by atomic mass is 9.99. The van der Waals surface area contributed by atoms with Gasteiger partial charge in [-0.15, -0.1) is 0 Å². The molecule has 0 aliphatic carbocycles. The Morgan fingerprint density at radius 3 is 2.81 bits per heavy atom. The average Bonchev–Trinajstić information content (AvgIpc) is 3.04. The lowest BCUT2D eigenvalue weighted by Crippen LogP contribution is -2.05. The second-order valence-electron chi connectivity index (χ2n) is 6.26. The lowest BCUT2D eigenvalue weighted by molar-refractivity contribution is 0.103. The summed E-state index contributed by atoms with van der Waals surface area (Å²) >= 11 is 0. The first-order chi connectivity index (χ1) is 13.1. The monoisotopic (exact) mass is 363 g/mol. The Kier molecular flexibility index (Phi) is 5.46. The molecule has 1 atom stereocenters. The Balaban J connectivity index is 2.04. The molecule has 2 aromatic carbocycles. The molecule has 138 valence electrons. The fourth-order valence-electron chi connectivity index (χ4n) is 3.13. The minimum atomic E-state index is -0.396. The summed E-state index contributed by atoms with van der Waals surface area (Å²) in [4.78, 5) is 12.9. The number of carbonyl (C=O) groups excluding carboxylic acids is 1. The number of methoxy groups -OCH3 is 1. The first-order valence-electron chi connectivity index (χ1n) is 8.83. The highest BCUT2D eigenvalue weighted by atomic mass is 16.5. The van der Waals surface area contributed by atoms with Gasteiger partial charge in [0, 0.05) is 17.5 Å². The zero-order chi connectivity index (χ0) is 19.4. The summed E-state index contributed by atoms with van der Waals surface area (Å²) in [7, 11) is 1.49. The Hall–Kier alpha value is -3.26. The van der Waals surface area contributed by atoms with Crippen LogP contribution in [0.1, 0.15) is 35.3 Å². The number of fused-ring (bicyclic) bond motifs is 1. The maximum Gasteiger partial charge on any atom is 0.207 e. The molecule has 0 spiro atoms. The lowest BCUT2D eigenvalue weighted by Gasteiger charge is -2.11. The normalized spacial score (nSPS) is 15.5. The predicted octanol–water partition coefficient (Wildman–Crippen LogP) is 4.21. The number of Topliss-reactive ketones (excluding diaryl/α,β-unsaturated/α-hetero) is 1. The number of allylic oxidation sites excluding steroid dienone is 1. The number of hydrogen-bond donors (Lipinski definition) is 0. The fraction of sp³-hybridized carbons (Fsp3) is 0.273. The molecule has 0 aromatic heterocycles. The van der Waals surface area contributed by atoms with Crippen LogP contribution in [-0.4, -0.2) is 25.6 Å². The van der Waals surface area contributed by atoms with E-state index < -0.39 is 5.78 Å². The van der Waals surface area contributed by atoms with E-state index in [0.29, 0.717) is 29.2 Å². The number of para-hydroxylation sites is 1. The van der Waals surface area contributed by atoms with Crippen molar-refractivity contribution < 1.29 is 19.0 Å². The SMILES string of the molecule is CCOc1cc2c(cc1/C=C(\C#N)C(=O)c1ccccc1OC)O[C@@H](C)C2. The topological polar surface area (TPSA) is 68.5 Å². The molecule has 0 saturated heterocycles. The molecule has 0 unspecified atom stereocenters. The van der Waals surface area contributed by atoms with Gasteiger partial charge in [-0.05, 0) is 44.2 Å². The van der Waals surface area contributed by atoms with Crippen LogP contribution in [0.5, 0.6) is 17.2 Å². The van der Waals surface area contributed by atoms with Crippen LogP contribution < -0.4 is 14.2 Å². The molecule has 2 aromatic rings. The van der Waals surface area contributed by atoms with Gasteiger partial charge in [-0.3, -0.25) is 4.79 Å². The van der Waals surface area contributed by atoms with Crippen molar-refractivity contribution in [3.8, 4) is 23.3 Å². The van der Waals surface area contributed by atoms with Crippen LogP contribution in [0.15, 0.2) is 42.0 Å². The van der Waals surface area contributed by atoms with E-state index in [1.165, 1.54) is 7.11 Å². The minimum Gasteiger partial charge on any atom is -0.496 e. The summed E-state index contributed by atoms with van der Waals surface area (Å²) in [6.45, 7) is 4.38. The molecule has 0 radical (unpaired) electrons. The van der Waals surface area contributed by atoms with Gasteiger partial charge < -0.3 is 14.2 Å². The van der Waals surface area contributed by atoms with Crippen molar-refractivity contribution in [3.05, 3.63) is 58.7 Å². The Labute approximate surface area is 158 Å². The Morgan fingerprint density at radius 1 is 1.33 bits per heavy atom. The summed E-state index contributed by atoms with van der Waals surface area (Å²) in [6, 6.07) is 12.6. The average molecular weight is 363 g/mol. The van der Waals surface area contributed by atoms with E-state index in [-0.39, 0.29) is 11.7 Å². The smallest absolute Gasteiger partial charge is 0.207 e. The van der Waals surface area contributed by atoms with Crippen molar-refractivity contribution in [2.75, 3.05) is 13.7 Å². The predicted molar refractivity (Wildman–Crippen MR) is 102 cm³/mol. The van der Waals surface area contributed by atoms with E-state index in [1.54, 1.807) is 30.3 Å². The Bertz CT molecular complexity index is 940. The maximum atomic E-state index is 12.9.